The van der Waals surface area contributed by atoms with Crippen molar-refractivity contribution >= 4 is 34.9 Å². The van der Waals surface area contributed by atoms with Crippen LogP contribution in [0.4, 0.5) is 0 Å². The van der Waals surface area contributed by atoms with Gasteiger partial charge in [0.2, 0.25) is 0 Å². The summed E-state index contributed by atoms with van der Waals surface area (Å²) < 4.78 is 2.05. The molecule has 0 radical (unpaired) electrons. The van der Waals surface area contributed by atoms with Crippen LogP contribution in [0.3, 0.4) is 0 Å². The molecule has 0 fully saturated rings. The van der Waals surface area contributed by atoms with Crippen molar-refractivity contribution in [3.8, 4) is 6.07 Å². The topological polar surface area (TPSA) is 49.6 Å². The van der Waals surface area contributed by atoms with E-state index in [1.807, 2.05) is 6.26 Å². The van der Waals surface area contributed by atoms with Crippen molar-refractivity contribution in [1.29, 1.82) is 5.26 Å². The number of thioether (sulfide) groups is 2. The van der Waals surface area contributed by atoms with Crippen LogP contribution in [-0.2, 0) is 0 Å². The molecule has 0 aromatic carbocycles. The minimum atomic E-state index is 0.659. The van der Waals surface area contributed by atoms with Crippen molar-refractivity contribution in [3.05, 3.63) is 0 Å². The van der Waals surface area contributed by atoms with Crippen LogP contribution in [0.2, 0.25) is 0 Å². The minimum absolute atomic E-state index is 0.659. The number of hydrogen-bond acceptors (Lipinski definition) is 6. The fraction of sp³-hybridized carbons (Fsp3) is 0.625. The predicted octanol–water partition coefficient (Wildman–Crippen LogP) is 3.05. The number of rotatable bonds is 6. The van der Waals surface area contributed by atoms with Crippen LogP contribution in [0.25, 0.3) is 0 Å². The van der Waals surface area contributed by atoms with Gasteiger partial charge in [-0.2, -0.15) is 5.26 Å². The molecule has 0 amide bonds. The van der Waals surface area contributed by atoms with E-state index in [9.17, 15) is 0 Å². The van der Waals surface area contributed by atoms with Crippen LogP contribution >= 0.6 is 34.9 Å². The average Bonchev–Trinajstić information content (AvgIpc) is 2.65. The van der Waals surface area contributed by atoms with E-state index in [0.29, 0.717) is 6.42 Å². The fourth-order valence-electron chi connectivity index (χ4n) is 0.804. The molecule has 0 spiro atoms. The quantitative estimate of drug-likeness (QED) is 0.569. The number of aromatic nitrogens is 2. The van der Waals surface area contributed by atoms with Gasteiger partial charge in [-0.05, 0) is 19.1 Å². The highest BCUT2D eigenvalue weighted by atomic mass is 32.2. The molecule has 0 bridgehead atoms. The van der Waals surface area contributed by atoms with E-state index in [4.69, 9.17) is 5.26 Å². The first kappa shape index (κ1) is 11.8. The van der Waals surface area contributed by atoms with Gasteiger partial charge in [-0.1, -0.05) is 34.9 Å². The summed E-state index contributed by atoms with van der Waals surface area (Å²) in [7, 11) is 0. The normalized spacial score (nSPS) is 10.0. The summed E-state index contributed by atoms with van der Waals surface area (Å²) in [6, 6.07) is 2.14. The predicted molar refractivity (Wildman–Crippen MR) is 61.9 cm³/mol. The second-order valence-electron chi connectivity index (χ2n) is 2.50. The van der Waals surface area contributed by atoms with Gasteiger partial charge in [0.05, 0.1) is 6.07 Å². The van der Waals surface area contributed by atoms with E-state index < -0.39 is 0 Å². The minimum Gasteiger partial charge on any atom is -0.198 e. The Kier molecular flexibility index (Phi) is 5.99. The van der Waals surface area contributed by atoms with Gasteiger partial charge < -0.3 is 0 Å². The Morgan fingerprint density at radius 1 is 1.36 bits per heavy atom. The largest absolute Gasteiger partial charge is 0.198 e. The Labute approximate surface area is 96.3 Å². The van der Waals surface area contributed by atoms with Gasteiger partial charge in [-0.25, -0.2) is 0 Å². The van der Waals surface area contributed by atoms with Crippen LogP contribution in [0.1, 0.15) is 19.3 Å². The third-order valence-electron chi connectivity index (χ3n) is 1.47. The molecule has 0 unspecified atom stereocenters. The molecular formula is C8H11N3S3. The molecule has 1 aromatic heterocycles. The van der Waals surface area contributed by atoms with E-state index in [1.165, 1.54) is 0 Å². The van der Waals surface area contributed by atoms with E-state index in [2.05, 4.69) is 16.3 Å². The number of unbranched alkanes of at least 4 members (excludes halogenated alkanes) is 2. The fourth-order valence-corrected chi connectivity index (χ4v) is 3.31. The first-order valence-electron chi connectivity index (χ1n) is 4.24. The summed E-state index contributed by atoms with van der Waals surface area (Å²) in [5.74, 6) is 1.03. The molecule has 1 aromatic rings. The second-order valence-corrected chi connectivity index (χ2v) is 5.87. The number of hydrogen-bond donors (Lipinski definition) is 0. The molecule has 0 aliphatic heterocycles. The highest BCUT2D eigenvalue weighted by Gasteiger charge is 2.02. The lowest BCUT2D eigenvalue weighted by Crippen LogP contribution is -1.79. The molecule has 3 nitrogen and oxygen atoms in total. The van der Waals surface area contributed by atoms with Crippen molar-refractivity contribution in [2.45, 2.75) is 27.9 Å². The maximum Gasteiger partial charge on any atom is 0.175 e. The van der Waals surface area contributed by atoms with Gasteiger partial charge in [0.15, 0.2) is 8.68 Å². The molecule has 1 rings (SSSR count). The highest BCUT2D eigenvalue weighted by molar-refractivity contribution is 8.02. The number of nitriles is 1. The Hall–Kier alpha value is -0.250. The average molecular weight is 245 g/mol. The van der Waals surface area contributed by atoms with Gasteiger partial charge in [0.1, 0.15) is 0 Å². The van der Waals surface area contributed by atoms with Crippen LogP contribution in [-0.4, -0.2) is 22.2 Å². The van der Waals surface area contributed by atoms with Crippen molar-refractivity contribution < 1.29 is 0 Å². The van der Waals surface area contributed by atoms with E-state index >= 15 is 0 Å². The molecule has 1 heterocycles. The standard InChI is InChI=1S/C8H11N3S3/c1-12-7-10-11-8(14-7)13-6-4-2-3-5-9/h2-4,6H2,1H3. The Morgan fingerprint density at radius 3 is 2.79 bits per heavy atom. The van der Waals surface area contributed by atoms with E-state index in [1.54, 1.807) is 34.9 Å². The third kappa shape index (κ3) is 4.31. The monoisotopic (exact) mass is 245 g/mol. The van der Waals surface area contributed by atoms with Gasteiger partial charge in [-0.3, -0.25) is 0 Å². The van der Waals surface area contributed by atoms with Crippen molar-refractivity contribution in [1.82, 2.24) is 10.2 Å². The Bertz CT molecular complexity index is 305. The zero-order chi connectivity index (χ0) is 10.2. The molecule has 6 heteroatoms. The zero-order valence-corrected chi connectivity index (χ0v) is 10.3. The van der Waals surface area contributed by atoms with Crippen molar-refractivity contribution in [2.24, 2.45) is 0 Å². The molecule has 0 saturated carbocycles. The molecule has 76 valence electrons. The Morgan fingerprint density at radius 2 is 2.14 bits per heavy atom. The molecular weight excluding hydrogens is 234 g/mol. The van der Waals surface area contributed by atoms with Crippen LogP contribution in [0.5, 0.6) is 0 Å². The zero-order valence-electron chi connectivity index (χ0n) is 7.89. The van der Waals surface area contributed by atoms with Crippen LogP contribution in [0, 0.1) is 11.3 Å². The summed E-state index contributed by atoms with van der Waals surface area (Å²) in [4.78, 5) is 0. The van der Waals surface area contributed by atoms with Crippen LogP contribution < -0.4 is 0 Å². The maximum absolute atomic E-state index is 8.34. The molecule has 0 aliphatic rings. The SMILES string of the molecule is CSc1nnc(SCCCCC#N)s1. The molecule has 14 heavy (non-hydrogen) atoms. The summed E-state index contributed by atoms with van der Waals surface area (Å²) in [5.41, 5.74) is 0. The summed E-state index contributed by atoms with van der Waals surface area (Å²) in [6.07, 6.45) is 4.72. The van der Waals surface area contributed by atoms with Gasteiger partial charge in [-0.15, -0.1) is 10.2 Å². The van der Waals surface area contributed by atoms with Gasteiger partial charge in [0.25, 0.3) is 0 Å². The first-order chi connectivity index (χ1) is 6.86. The smallest absolute Gasteiger partial charge is 0.175 e. The van der Waals surface area contributed by atoms with Crippen molar-refractivity contribution in [2.75, 3.05) is 12.0 Å². The first-order valence-corrected chi connectivity index (χ1v) is 7.26. The van der Waals surface area contributed by atoms with Crippen molar-refractivity contribution in [3.63, 3.8) is 0 Å². The number of nitrogens with zero attached hydrogens (tertiary/aromatic N) is 3. The summed E-state index contributed by atoms with van der Waals surface area (Å²) in [5, 5.41) is 16.4. The van der Waals surface area contributed by atoms with E-state index in [-0.39, 0.29) is 0 Å². The lowest BCUT2D eigenvalue weighted by atomic mass is 10.3. The van der Waals surface area contributed by atoms with Crippen LogP contribution in [0.15, 0.2) is 8.68 Å². The molecule has 0 atom stereocenters. The molecule has 0 aliphatic carbocycles. The Balaban J connectivity index is 2.15. The molecule has 0 saturated heterocycles. The van der Waals surface area contributed by atoms with Gasteiger partial charge in [0, 0.05) is 12.2 Å². The highest BCUT2D eigenvalue weighted by Crippen LogP contribution is 2.27. The molecule has 0 N–H and O–H groups in total. The lowest BCUT2D eigenvalue weighted by Gasteiger charge is -1.93. The summed E-state index contributed by atoms with van der Waals surface area (Å²) >= 11 is 4.99. The van der Waals surface area contributed by atoms with Gasteiger partial charge >= 0.3 is 0 Å². The second kappa shape index (κ2) is 7.10. The summed E-state index contributed by atoms with van der Waals surface area (Å²) in [6.45, 7) is 0. The third-order valence-corrected chi connectivity index (χ3v) is 4.59. The maximum atomic E-state index is 8.34. The lowest BCUT2D eigenvalue weighted by molar-refractivity contribution is 0.829. The van der Waals surface area contributed by atoms with E-state index in [0.717, 1.165) is 27.3 Å².